The topological polar surface area (TPSA) is 107 Å². The van der Waals surface area contributed by atoms with E-state index in [1.54, 1.807) is 12.1 Å². The molecule has 22 heavy (non-hydrogen) atoms. The first kappa shape index (κ1) is 16.2. The van der Waals surface area contributed by atoms with Crippen molar-refractivity contribution in [1.29, 1.82) is 0 Å². The SMILES string of the molecule is Cl.Nc1ccc(NC(=O)CCCc2nc(C3CC3)no2)cn1. The van der Waals surface area contributed by atoms with Crippen LogP contribution in [-0.2, 0) is 11.2 Å². The van der Waals surface area contributed by atoms with E-state index in [1.165, 1.54) is 6.20 Å². The lowest BCUT2D eigenvalue weighted by molar-refractivity contribution is -0.116. The summed E-state index contributed by atoms with van der Waals surface area (Å²) in [6.45, 7) is 0. The molecule has 0 saturated heterocycles. The molecule has 1 saturated carbocycles. The number of nitrogens with one attached hydrogen (secondary N) is 1. The van der Waals surface area contributed by atoms with Gasteiger partial charge in [-0.2, -0.15) is 4.98 Å². The van der Waals surface area contributed by atoms with Gasteiger partial charge < -0.3 is 15.6 Å². The van der Waals surface area contributed by atoms with Crippen LogP contribution in [-0.4, -0.2) is 21.0 Å². The highest BCUT2D eigenvalue weighted by molar-refractivity contribution is 5.90. The molecule has 0 aromatic carbocycles. The summed E-state index contributed by atoms with van der Waals surface area (Å²) in [6.07, 6.45) is 5.51. The first-order valence-electron chi connectivity index (χ1n) is 7.04. The van der Waals surface area contributed by atoms with Gasteiger partial charge in [-0.1, -0.05) is 5.16 Å². The number of hydrogen-bond acceptors (Lipinski definition) is 6. The number of amides is 1. The van der Waals surface area contributed by atoms with Crippen molar-refractivity contribution in [3.8, 4) is 0 Å². The quantitative estimate of drug-likeness (QED) is 0.844. The lowest BCUT2D eigenvalue weighted by atomic mass is 10.2. The van der Waals surface area contributed by atoms with Gasteiger partial charge in [0.2, 0.25) is 11.8 Å². The number of pyridine rings is 1. The van der Waals surface area contributed by atoms with E-state index in [0.29, 0.717) is 42.6 Å². The van der Waals surface area contributed by atoms with E-state index in [-0.39, 0.29) is 18.3 Å². The smallest absolute Gasteiger partial charge is 0.226 e. The van der Waals surface area contributed by atoms with Crippen LogP contribution in [0.2, 0.25) is 0 Å². The van der Waals surface area contributed by atoms with Gasteiger partial charge in [0.25, 0.3) is 0 Å². The van der Waals surface area contributed by atoms with E-state index in [2.05, 4.69) is 20.4 Å². The maximum atomic E-state index is 11.8. The van der Waals surface area contributed by atoms with Crippen molar-refractivity contribution >= 4 is 29.8 Å². The number of carbonyl (C=O) groups excluding carboxylic acids is 1. The van der Waals surface area contributed by atoms with Gasteiger partial charge in [0.15, 0.2) is 5.82 Å². The van der Waals surface area contributed by atoms with Crippen LogP contribution in [0.4, 0.5) is 11.5 Å². The van der Waals surface area contributed by atoms with Gasteiger partial charge in [-0.3, -0.25) is 4.79 Å². The highest BCUT2D eigenvalue weighted by atomic mass is 35.5. The monoisotopic (exact) mass is 323 g/mol. The number of rotatable bonds is 6. The Morgan fingerprint density at radius 1 is 1.41 bits per heavy atom. The summed E-state index contributed by atoms with van der Waals surface area (Å²) in [6, 6.07) is 3.37. The van der Waals surface area contributed by atoms with Gasteiger partial charge in [0.1, 0.15) is 5.82 Å². The Morgan fingerprint density at radius 3 is 2.91 bits per heavy atom. The molecule has 118 valence electrons. The predicted molar refractivity (Wildman–Crippen MR) is 83.7 cm³/mol. The molecule has 2 heterocycles. The molecule has 1 aliphatic rings. The summed E-state index contributed by atoms with van der Waals surface area (Å²) in [4.78, 5) is 20.0. The molecule has 7 nitrogen and oxygen atoms in total. The van der Waals surface area contributed by atoms with Crippen LogP contribution in [0.15, 0.2) is 22.9 Å². The summed E-state index contributed by atoms with van der Waals surface area (Å²) >= 11 is 0. The predicted octanol–water partition coefficient (Wildman–Crippen LogP) is 2.31. The fourth-order valence-electron chi connectivity index (χ4n) is 1.98. The molecule has 3 N–H and O–H groups in total. The Morgan fingerprint density at radius 2 is 2.23 bits per heavy atom. The highest BCUT2D eigenvalue weighted by Gasteiger charge is 2.28. The highest BCUT2D eigenvalue weighted by Crippen LogP contribution is 2.38. The Kier molecular flexibility index (Phi) is 5.32. The third-order valence-corrected chi connectivity index (χ3v) is 3.29. The standard InChI is InChI=1S/C14H17N5O2.ClH/c15-11-7-6-10(8-16-11)17-12(20)2-1-3-13-18-14(19-21-13)9-4-5-9;/h6-9H,1-5H2,(H2,15,16)(H,17,20);1H. The molecule has 1 fully saturated rings. The number of nitrogens with two attached hydrogens (primary N) is 1. The van der Waals surface area contributed by atoms with Crippen molar-refractivity contribution in [3.63, 3.8) is 0 Å². The van der Waals surface area contributed by atoms with Crippen molar-refractivity contribution in [3.05, 3.63) is 30.0 Å². The van der Waals surface area contributed by atoms with Crippen LogP contribution >= 0.6 is 12.4 Å². The number of aryl methyl sites for hydroxylation is 1. The van der Waals surface area contributed by atoms with Gasteiger partial charge in [-0.15, -0.1) is 12.4 Å². The molecule has 0 bridgehead atoms. The average Bonchev–Trinajstić information content (AvgIpc) is 3.22. The molecule has 0 radical (unpaired) electrons. The number of nitrogens with zero attached hydrogens (tertiary/aromatic N) is 3. The first-order chi connectivity index (χ1) is 10.2. The van der Waals surface area contributed by atoms with Crippen molar-refractivity contribution in [2.75, 3.05) is 11.1 Å². The number of carbonyl (C=O) groups is 1. The molecule has 0 unspecified atom stereocenters. The maximum Gasteiger partial charge on any atom is 0.226 e. The van der Waals surface area contributed by atoms with E-state index in [1.807, 2.05) is 0 Å². The normalized spacial score (nSPS) is 13.5. The lowest BCUT2D eigenvalue weighted by Crippen LogP contribution is -2.11. The van der Waals surface area contributed by atoms with Crippen molar-refractivity contribution in [1.82, 2.24) is 15.1 Å². The maximum absolute atomic E-state index is 11.8. The zero-order valence-electron chi connectivity index (χ0n) is 12.0. The van der Waals surface area contributed by atoms with Gasteiger partial charge in [-0.05, 0) is 31.4 Å². The number of anilines is 2. The van der Waals surface area contributed by atoms with E-state index in [9.17, 15) is 4.79 Å². The van der Waals surface area contributed by atoms with E-state index in [0.717, 1.165) is 18.7 Å². The van der Waals surface area contributed by atoms with Crippen LogP contribution in [0.25, 0.3) is 0 Å². The zero-order valence-corrected chi connectivity index (χ0v) is 12.8. The number of nitrogen functional groups attached to an aromatic ring is 1. The average molecular weight is 324 g/mol. The first-order valence-corrected chi connectivity index (χ1v) is 7.04. The van der Waals surface area contributed by atoms with Gasteiger partial charge >= 0.3 is 0 Å². The summed E-state index contributed by atoms with van der Waals surface area (Å²) in [5.41, 5.74) is 6.12. The number of halogens is 1. The minimum absolute atomic E-state index is 0. The molecule has 0 atom stereocenters. The molecule has 1 aliphatic carbocycles. The Labute approximate surface area is 134 Å². The van der Waals surface area contributed by atoms with E-state index < -0.39 is 0 Å². The van der Waals surface area contributed by atoms with Crippen molar-refractivity contribution in [2.24, 2.45) is 0 Å². The zero-order chi connectivity index (χ0) is 14.7. The lowest BCUT2D eigenvalue weighted by Gasteiger charge is -2.04. The molecule has 8 heteroatoms. The number of hydrogen-bond donors (Lipinski definition) is 2. The van der Waals surface area contributed by atoms with E-state index >= 15 is 0 Å². The number of aromatic nitrogens is 3. The van der Waals surface area contributed by atoms with Crippen LogP contribution in [0.5, 0.6) is 0 Å². The molecule has 3 rings (SSSR count). The van der Waals surface area contributed by atoms with Crippen LogP contribution < -0.4 is 11.1 Å². The molecular formula is C14H18ClN5O2. The van der Waals surface area contributed by atoms with Gasteiger partial charge in [0, 0.05) is 18.8 Å². The summed E-state index contributed by atoms with van der Waals surface area (Å²) < 4.78 is 5.16. The van der Waals surface area contributed by atoms with Crippen LogP contribution in [0, 0.1) is 0 Å². The molecule has 0 aliphatic heterocycles. The second kappa shape index (κ2) is 7.22. The second-order valence-corrected chi connectivity index (χ2v) is 5.19. The van der Waals surface area contributed by atoms with Gasteiger partial charge in [-0.25, -0.2) is 4.98 Å². The summed E-state index contributed by atoms with van der Waals surface area (Å²) in [7, 11) is 0. The Bertz CT molecular complexity index is 624. The fraction of sp³-hybridized carbons (Fsp3) is 0.429. The Hall–Kier alpha value is -2.15. The molecule has 2 aromatic heterocycles. The second-order valence-electron chi connectivity index (χ2n) is 5.19. The summed E-state index contributed by atoms with van der Waals surface area (Å²) in [5.74, 6) is 2.27. The molecule has 1 amide bonds. The largest absolute Gasteiger partial charge is 0.384 e. The third kappa shape index (κ3) is 4.42. The van der Waals surface area contributed by atoms with Gasteiger partial charge in [0.05, 0.1) is 11.9 Å². The van der Waals surface area contributed by atoms with Crippen molar-refractivity contribution in [2.45, 2.75) is 38.0 Å². The molecule has 0 spiro atoms. The third-order valence-electron chi connectivity index (χ3n) is 3.29. The van der Waals surface area contributed by atoms with Crippen LogP contribution in [0.3, 0.4) is 0 Å². The Balaban J connectivity index is 0.00000176. The fourth-order valence-corrected chi connectivity index (χ4v) is 1.98. The van der Waals surface area contributed by atoms with Crippen LogP contribution in [0.1, 0.15) is 43.3 Å². The molecule has 2 aromatic rings. The minimum Gasteiger partial charge on any atom is -0.384 e. The minimum atomic E-state index is -0.0662. The molecular weight excluding hydrogens is 306 g/mol. The van der Waals surface area contributed by atoms with Crippen molar-refractivity contribution < 1.29 is 9.32 Å². The summed E-state index contributed by atoms with van der Waals surface area (Å²) in [5, 5.41) is 6.71. The van der Waals surface area contributed by atoms with E-state index in [4.69, 9.17) is 10.3 Å².